The Morgan fingerprint density at radius 1 is 1.17 bits per heavy atom. The molecule has 0 spiro atoms. The predicted octanol–water partition coefficient (Wildman–Crippen LogP) is 3.28. The van der Waals surface area contributed by atoms with Crippen molar-refractivity contribution in [2.75, 3.05) is 18.5 Å². The molecule has 0 saturated carbocycles. The fourth-order valence-corrected chi connectivity index (χ4v) is 1.66. The standard InChI is InChI=1S/C12H16Cl2N2O2/c13-10-5-4-9(8-11(10)14)16-12(18)15-6-2-1-3-7-17/h4-5,8,17H,1-3,6-7H2,(H2,15,16,18). The van der Waals surface area contributed by atoms with Gasteiger partial charge in [-0.3, -0.25) is 0 Å². The van der Waals surface area contributed by atoms with E-state index in [1.807, 2.05) is 0 Å². The number of carbonyl (C=O) groups excluding carboxylic acids is 1. The van der Waals surface area contributed by atoms with E-state index in [-0.39, 0.29) is 12.6 Å². The van der Waals surface area contributed by atoms with Crippen LogP contribution in [-0.4, -0.2) is 24.3 Å². The van der Waals surface area contributed by atoms with Crippen LogP contribution in [0.1, 0.15) is 19.3 Å². The largest absolute Gasteiger partial charge is 0.396 e. The summed E-state index contributed by atoms with van der Waals surface area (Å²) in [5.74, 6) is 0. The van der Waals surface area contributed by atoms with Crippen LogP contribution in [0.25, 0.3) is 0 Å². The lowest BCUT2D eigenvalue weighted by Gasteiger charge is -2.08. The van der Waals surface area contributed by atoms with E-state index in [9.17, 15) is 4.79 Å². The van der Waals surface area contributed by atoms with Gasteiger partial charge >= 0.3 is 6.03 Å². The third-order valence-corrected chi connectivity index (χ3v) is 3.04. The van der Waals surface area contributed by atoms with E-state index in [0.717, 1.165) is 19.3 Å². The Bertz CT molecular complexity index is 400. The monoisotopic (exact) mass is 290 g/mol. The summed E-state index contributed by atoms with van der Waals surface area (Å²) < 4.78 is 0. The molecule has 4 nitrogen and oxygen atoms in total. The third-order valence-electron chi connectivity index (χ3n) is 2.30. The summed E-state index contributed by atoms with van der Waals surface area (Å²) in [6.07, 6.45) is 2.50. The average molecular weight is 291 g/mol. The van der Waals surface area contributed by atoms with Gasteiger partial charge in [0.1, 0.15) is 0 Å². The molecule has 0 bridgehead atoms. The molecule has 0 unspecified atom stereocenters. The van der Waals surface area contributed by atoms with E-state index in [2.05, 4.69) is 10.6 Å². The number of hydrogen-bond acceptors (Lipinski definition) is 2. The van der Waals surface area contributed by atoms with Crippen molar-refractivity contribution in [3.63, 3.8) is 0 Å². The molecular formula is C12H16Cl2N2O2. The Hall–Kier alpha value is -0.970. The lowest BCUT2D eigenvalue weighted by Crippen LogP contribution is -2.29. The van der Waals surface area contributed by atoms with E-state index < -0.39 is 0 Å². The van der Waals surface area contributed by atoms with E-state index in [4.69, 9.17) is 28.3 Å². The van der Waals surface area contributed by atoms with Gasteiger partial charge < -0.3 is 15.7 Å². The van der Waals surface area contributed by atoms with Gasteiger partial charge in [0.25, 0.3) is 0 Å². The predicted molar refractivity (Wildman–Crippen MR) is 74.4 cm³/mol. The first-order chi connectivity index (χ1) is 8.63. The number of amides is 2. The molecule has 3 N–H and O–H groups in total. The molecule has 0 fully saturated rings. The van der Waals surface area contributed by atoms with Crippen LogP contribution in [0, 0.1) is 0 Å². The zero-order valence-corrected chi connectivity index (χ0v) is 11.4. The van der Waals surface area contributed by atoms with Gasteiger partial charge in [0.2, 0.25) is 0 Å². The zero-order chi connectivity index (χ0) is 13.4. The number of halogens is 2. The van der Waals surface area contributed by atoms with Gasteiger partial charge in [0.15, 0.2) is 0 Å². The number of hydrogen-bond donors (Lipinski definition) is 3. The minimum atomic E-state index is -0.280. The van der Waals surface area contributed by atoms with Crippen LogP contribution >= 0.6 is 23.2 Å². The van der Waals surface area contributed by atoms with E-state index in [0.29, 0.717) is 22.3 Å². The van der Waals surface area contributed by atoms with Crippen LogP contribution in [0.3, 0.4) is 0 Å². The number of benzene rings is 1. The molecule has 0 saturated heterocycles. The quantitative estimate of drug-likeness (QED) is 0.704. The topological polar surface area (TPSA) is 61.4 Å². The summed E-state index contributed by atoms with van der Waals surface area (Å²) in [6, 6.07) is 4.62. The highest BCUT2D eigenvalue weighted by molar-refractivity contribution is 6.42. The van der Waals surface area contributed by atoms with Crippen molar-refractivity contribution < 1.29 is 9.90 Å². The first kappa shape index (κ1) is 15.1. The van der Waals surface area contributed by atoms with Crippen molar-refractivity contribution in [1.29, 1.82) is 0 Å². The Labute approximate surface area is 116 Å². The van der Waals surface area contributed by atoms with Gasteiger partial charge in [0.05, 0.1) is 10.0 Å². The average Bonchev–Trinajstić information content (AvgIpc) is 2.34. The lowest BCUT2D eigenvalue weighted by atomic mass is 10.2. The van der Waals surface area contributed by atoms with Crippen molar-refractivity contribution in [3.8, 4) is 0 Å². The highest BCUT2D eigenvalue weighted by atomic mass is 35.5. The molecule has 0 aliphatic carbocycles. The van der Waals surface area contributed by atoms with Gasteiger partial charge in [-0.1, -0.05) is 23.2 Å². The van der Waals surface area contributed by atoms with Crippen molar-refractivity contribution in [1.82, 2.24) is 5.32 Å². The number of anilines is 1. The highest BCUT2D eigenvalue weighted by Gasteiger charge is 2.03. The van der Waals surface area contributed by atoms with Crippen LogP contribution in [0.4, 0.5) is 10.5 Å². The molecule has 6 heteroatoms. The fourth-order valence-electron chi connectivity index (χ4n) is 1.36. The summed E-state index contributed by atoms with van der Waals surface area (Å²) in [4.78, 5) is 11.5. The maximum atomic E-state index is 11.5. The van der Waals surface area contributed by atoms with Crippen molar-refractivity contribution >= 4 is 34.9 Å². The number of aliphatic hydroxyl groups excluding tert-OH is 1. The van der Waals surface area contributed by atoms with Gasteiger partial charge in [-0.15, -0.1) is 0 Å². The van der Waals surface area contributed by atoms with Crippen molar-refractivity contribution in [3.05, 3.63) is 28.2 Å². The molecule has 1 rings (SSSR count). The molecule has 2 amide bonds. The Morgan fingerprint density at radius 2 is 1.94 bits per heavy atom. The third kappa shape index (κ3) is 5.58. The van der Waals surface area contributed by atoms with Gasteiger partial charge in [-0.2, -0.15) is 0 Å². The number of aliphatic hydroxyl groups is 1. The molecule has 1 aromatic rings. The first-order valence-electron chi connectivity index (χ1n) is 5.74. The van der Waals surface area contributed by atoms with E-state index in [1.54, 1.807) is 18.2 Å². The molecular weight excluding hydrogens is 275 g/mol. The van der Waals surface area contributed by atoms with Crippen LogP contribution in [0.5, 0.6) is 0 Å². The van der Waals surface area contributed by atoms with Gasteiger partial charge in [0, 0.05) is 18.8 Å². The highest BCUT2D eigenvalue weighted by Crippen LogP contribution is 2.24. The summed E-state index contributed by atoms with van der Waals surface area (Å²) in [5, 5.41) is 14.8. The van der Waals surface area contributed by atoms with Crippen molar-refractivity contribution in [2.24, 2.45) is 0 Å². The second kappa shape index (κ2) is 8.19. The van der Waals surface area contributed by atoms with Crippen LogP contribution in [-0.2, 0) is 0 Å². The molecule has 0 atom stereocenters. The second-order valence-corrected chi connectivity index (χ2v) is 4.61. The Morgan fingerprint density at radius 3 is 2.61 bits per heavy atom. The summed E-state index contributed by atoms with van der Waals surface area (Å²) >= 11 is 11.6. The molecule has 0 aromatic heterocycles. The second-order valence-electron chi connectivity index (χ2n) is 3.79. The minimum absolute atomic E-state index is 0.190. The van der Waals surface area contributed by atoms with Crippen LogP contribution in [0.15, 0.2) is 18.2 Å². The van der Waals surface area contributed by atoms with Gasteiger partial charge in [-0.25, -0.2) is 4.79 Å². The molecule has 0 aliphatic heterocycles. The SMILES string of the molecule is O=C(NCCCCCO)Nc1ccc(Cl)c(Cl)c1. The Kier molecular flexibility index (Phi) is 6.86. The smallest absolute Gasteiger partial charge is 0.319 e. The fraction of sp³-hybridized carbons (Fsp3) is 0.417. The number of urea groups is 1. The molecule has 100 valence electrons. The summed E-state index contributed by atoms with van der Waals surface area (Å²) in [6.45, 7) is 0.766. The number of unbranched alkanes of at least 4 members (excludes halogenated alkanes) is 2. The molecule has 0 aliphatic rings. The maximum Gasteiger partial charge on any atom is 0.319 e. The maximum absolute atomic E-state index is 11.5. The van der Waals surface area contributed by atoms with Gasteiger partial charge in [-0.05, 0) is 37.5 Å². The van der Waals surface area contributed by atoms with E-state index >= 15 is 0 Å². The van der Waals surface area contributed by atoms with E-state index in [1.165, 1.54) is 0 Å². The summed E-state index contributed by atoms with van der Waals surface area (Å²) in [5.41, 5.74) is 0.595. The molecule has 1 aromatic carbocycles. The minimum Gasteiger partial charge on any atom is -0.396 e. The number of nitrogens with one attached hydrogen (secondary N) is 2. The lowest BCUT2D eigenvalue weighted by molar-refractivity contribution is 0.251. The summed E-state index contributed by atoms with van der Waals surface area (Å²) in [7, 11) is 0. The normalized spacial score (nSPS) is 10.2. The first-order valence-corrected chi connectivity index (χ1v) is 6.50. The number of carbonyl (C=O) groups is 1. The van der Waals surface area contributed by atoms with Crippen molar-refractivity contribution in [2.45, 2.75) is 19.3 Å². The Balaban J connectivity index is 2.29. The number of rotatable bonds is 6. The molecule has 0 radical (unpaired) electrons. The van der Waals surface area contributed by atoms with Crippen LogP contribution < -0.4 is 10.6 Å². The molecule has 0 heterocycles. The molecule has 18 heavy (non-hydrogen) atoms. The zero-order valence-electron chi connectivity index (χ0n) is 9.88. The van der Waals surface area contributed by atoms with Crippen LogP contribution in [0.2, 0.25) is 10.0 Å².